The quantitative estimate of drug-likeness (QED) is 0.549. The van der Waals surface area contributed by atoms with Gasteiger partial charge in [-0.15, -0.1) is 0 Å². The van der Waals surface area contributed by atoms with Crippen LogP contribution in [0.2, 0.25) is 0 Å². The minimum absolute atomic E-state index is 0.0281. The van der Waals surface area contributed by atoms with Crippen molar-refractivity contribution >= 4 is 17.6 Å². The summed E-state index contributed by atoms with van der Waals surface area (Å²) in [4.78, 5) is 15.9. The monoisotopic (exact) mass is 394 g/mol. The lowest BCUT2D eigenvalue weighted by atomic mass is 9.90. The van der Waals surface area contributed by atoms with Crippen molar-refractivity contribution in [3.05, 3.63) is 47.3 Å². The van der Waals surface area contributed by atoms with Crippen molar-refractivity contribution in [3.63, 3.8) is 0 Å². The van der Waals surface area contributed by atoms with Crippen LogP contribution in [-0.2, 0) is 24.6 Å². The largest absolute Gasteiger partial charge is 0.435 e. The molecule has 3 rings (SSSR count). The van der Waals surface area contributed by atoms with Gasteiger partial charge in [0.15, 0.2) is 11.7 Å². The second kappa shape index (κ2) is 7.91. The van der Waals surface area contributed by atoms with Crippen LogP contribution in [0.15, 0.2) is 35.5 Å². The minimum atomic E-state index is -4.52. The maximum Gasteiger partial charge on any atom is 0.435 e. The van der Waals surface area contributed by atoms with Gasteiger partial charge in [0.25, 0.3) is 0 Å². The Balaban J connectivity index is 1.63. The van der Waals surface area contributed by atoms with Crippen molar-refractivity contribution in [2.75, 3.05) is 18.9 Å². The standard InChI is InChI=1S/C18H21F3N6O/c1-22-17(24-9-12-10-27(2)26-16(12)18(19,20)21)23-8-11-7-15(28)25-14-6-4-3-5-13(11)14/h3-6,10-11H,7-9H2,1-2H3,(H,25,28)(H2,22,23,24). The van der Waals surface area contributed by atoms with Gasteiger partial charge in [-0.1, -0.05) is 18.2 Å². The number of anilines is 1. The Morgan fingerprint density at radius 3 is 2.82 bits per heavy atom. The molecular formula is C18H21F3N6O. The van der Waals surface area contributed by atoms with Crippen LogP contribution >= 0.6 is 0 Å². The third-order valence-corrected chi connectivity index (χ3v) is 4.47. The molecule has 0 spiro atoms. The van der Waals surface area contributed by atoms with E-state index in [4.69, 9.17) is 0 Å². The number of alkyl halides is 3. The maximum atomic E-state index is 13.0. The number of aromatic nitrogens is 2. The number of carbonyl (C=O) groups is 1. The molecule has 3 N–H and O–H groups in total. The third-order valence-electron chi connectivity index (χ3n) is 4.47. The Bertz CT molecular complexity index is 890. The highest BCUT2D eigenvalue weighted by atomic mass is 19.4. The van der Waals surface area contributed by atoms with E-state index < -0.39 is 11.9 Å². The van der Waals surface area contributed by atoms with E-state index in [1.54, 1.807) is 0 Å². The van der Waals surface area contributed by atoms with Crippen molar-refractivity contribution < 1.29 is 18.0 Å². The Labute approximate surface area is 160 Å². The van der Waals surface area contributed by atoms with Crippen LogP contribution in [0.5, 0.6) is 0 Å². The van der Waals surface area contributed by atoms with E-state index in [1.165, 1.54) is 20.3 Å². The van der Waals surface area contributed by atoms with Gasteiger partial charge in [-0.25, -0.2) is 0 Å². The van der Waals surface area contributed by atoms with Crippen LogP contribution in [0.25, 0.3) is 0 Å². The molecule has 1 aromatic heterocycles. The molecule has 0 aliphatic carbocycles. The summed E-state index contributed by atoms with van der Waals surface area (Å²) in [5.74, 6) is 0.215. The molecule has 0 fully saturated rings. The summed E-state index contributed by atoms with van der Waals surface area (Å²) in [5.41, 5.74) is 0.895. The molecule has 0 radical (unpaired) electrons. The molecular weight excluding hydrogens is 373 g/mol. The minimum Gasteiger partial charge on any atom is -0.356 e. The Hall–Kier alpha value is -3.04. The molecule has 0 saturated heterocycles. The number of hydrogen-bond donors (Lipinski definition) is 3. The van der Waals surface area contributed by atoms with Gasteiger partial charge in [0.05, 0.1) is 0 Å². The summed E-state index contributed by atoms with van der Waals surface area (Å²) in [6, 6.07) is 7.54. The number of para-hydroxylation sites is 1. The number of rotatable bonds is 4. The van der Waals surface area contributed by atoms with Crippen LogP contribution in [0.1, 0.15) is 29.2 Å². The number of nitrogens with zero attached hydrogens (tertiary/aromatic N) is 3. The first-order valence-corrected chi connectivity index (χ1v) is 8.71. The fourth-order valence-electron chi connectivity index (χ4n) is 3.21. The molecule has 1 aliphatic rings. The first kappa shape index (κ1) is 19.7. The second-order valence-corrected chi connectivity index (χ2v) is 6.52. The summed E-state index contributed by atoms with van der Waals surface area (Å²) < 4.78 is 40.3. The average molecular weight is 394 g/mol. The van der Waals surface area contributed by atoms with Crippen LogP contribution < -0.4 is 16.0 Å². The molecule has 1 unspecified atom stereocenters. The first-order chi connectivity index (χ1) is 13.3. The fourth-order valence-corrected chi connectivity index (χ4v) is 3.21. The summed E-state index contributed by atoms with van der Waals surface area (Å²) in [6.07, 6.45) is -2.87. The molecule has 28 heavy (non-hydrogen) atoms. The number of amides is 1. The smallest absolute Gasteiger partial charge is 0.356 e. The summed E-state index contributed by atoms with van der Waals surface area (Å²) in [7, 11) is 2.97. The van der Waals surface area contributed by atoms with Gasteiger partial charge in [-0.3, -0.25) is 14.5 Å². The molecule has 7 nitrogen and oxygen atoms in total. The van der Waals surface area contributed by atoms with Gasteiger partial charge in [0.1, 0.15) is 0 Å². The molecule has 0 saturated carbocycles. The predicted molar refractivity (Wildman–Crippen MR) is 98.8 cm³/mol. The maximum absolute atomic E-state index is 13.0. The molecule has 0 bridgehead atoms. The van der Waals surface area contributed by atoms with Crippen molar-refractivity contribution in [2.45, 2.75) is 25.1 Å². The van der Waals surface area contributed by atoms with Crippen molar-refractivity contribution in [2.24, 2.45) is 12.0 Å². The molecule has 10 heteroatoms. The number of benzene rings is 1. The van der Waals surface area contributed by atoms with Gasteiger partial charge in [0, 0.05) is 57.0 Å². The zero-order chi connectivity index (χ0) is 20.3. The normalized spacial score (nSPS) is 17.1. The highest BCUT2D eigenvalue weighted by molar-refractivity contribution is 5.94. The lowest BCUT2D eigenvalue weighted by Gasteiger charge is -2.26. The van der Waals surface area contributed by atoms with Crippen molar-refractivity contribution in [3.8, 4) is 0 Å². The lowest BCUT2D eigenvalue weighted by molar-refractivity contribution is -0.142. The average Bonchev–Trinajstić information content (AvgIpc) is 3.02. The van der Waals surface area contributed by atoms with Crippen LogP contribution in [0, 0.1) is 0 Å². The number of halogens is 3. The highest BCUT2D eigenvalue weighted by Gasteiger charge is 2.36. The number of nitrogens with one attached hydrogen (secondary N) is 3. The van der Waals surface area contributed by atoms with Gasteiger partial charge >= 0.3 is 6.18 Å². The van der Waals surface area contributed by atoms with Gasteiger partial charge in [-0.05, 0) is 11.6 Å². The van der Waals surface area contributed by atoms with Crippen LogP contribution in [-0.4, -0.2) is 35.2 Å². The zero-order valence-corrected chi connectivity index (χ0v) is 15.5. The third kappa shape index (κ3) is 4.44. The van der Waals surface area contributed by atoms with Crippen molar-refractivity contribution in [1.29, 1.82) is 0 Å². The van der Waals surface area contributed by atoms with Crippen LogP contribution in [0.4, 0.5) is 18.9 Å². The van der Waals surface area contributed by atoms with E-state index >= 15 is 0 Å². The van der Waals surface area contributed by atoms with Gasteiger partial charge in [0.2, 0.25) is 5.91 Å². The molecule has 1 atom stereocenters. The summed E-state index contributed by atoms with van der Waals surface area (Å²) in [5, 5.41) is 12.3. The van der Waals surface area contributed by atoms with Crippen molar-refractivity contribution in [1.82, 2.24) is 20.4 Å². The van der Waals surface area contributed by atoms with E-state index in [0.717, 1.165) is 15.9 Å². The molecule has 2 heterocycles. The zero-order valence-electron chi connectivity index (χ0n) is 15.5. The number of fused-ring (bicyclic) bond motifs is 1. The van der Waals surface area contributed by atoms with E-state index in [-0.39, 0.29) is 23.9 Å². The van der Waals surface area contributed by atoms with E-state index in [1.807, 2.05) is 24.3 Å². The van der Waals surface area contributed by atoms with Gasteiger partial charge < -0.3 is 16.0 Å². The van der Waals surface area contributed by atoms with E-state index in [2.05, 4.69) is 26.0 Å². The number of carbonyl (C=O) groups excluding carboxylic acids is 1. The molecule has 1 aliphatic heterocycles. The first-order valence-electron chi connectivity index (χ1n) is 8.71. The predicted octanol–water partition coefficient (Wildman–Crippen LogP) is 2.23. The summed E-state index contributed by atoms with van der Waals surface area (Å²) >= 11 is 0. The highest BCUT2D eigenvalue weighted by Crippen LogP contribution is 2.32. The number of hydrogen-bond acceptors (Lipinski definition) is 3. The van der Waals surface area contributed by atoms with Gasteiger partial charge in [-0.2, -0.15) is 18.3 Å². The molecule has 1 aromatic carbocycles. The Morgan fingerprint density at radius 2 is 2.11 bits per heavy atom. The number of guanidine groups is 1. The number of aliphatic imine (C=N–C) groups is 1. The molecule has 150 valence electrons. The van der Waals surface area contributed by atoms with Crippen LogP contribution in [0.3, 0.4) is 0 Å². The molecule has 2 aromatic rings. The lowest BCUT2D eigenvalue weighted by Crippen LogP contribution is -2.40. The SMILES string of the molecule is CN=C(NCc1cn(C)nc1C(F)(F)F)NCC1CC(=O)Nc2ccccc21. The Kier molecular flexibility index (Phi) is 5.57. The molecule has 1 amide bonds. The summed E-state index contributed by atoms with van der Waals surface area (Å²) in [6.45, 7) is 0.341. The van der Waals surface area contributed by atoms with E-state index in [0.29, 0.717) is 18.9 Å². The fraction of sp³-hybridized carbons (Fsp3) is 0.389. The van der Waals surface area contributed by atoms with E-state index in [9.17, 15) is 18.0 Å². The topological polar surface area (TPSA) is 83.3 Å². The second-order valence-electron chi connectivity index (χ2n) is 6.52. The Morgan fingerprint density at radius 1 is 1.36 bits per heavy atom. The number of aryl methyl sites for hydroxylation is 1.